The summed E-state index contributed by atoms with van der Waals surface area (Å²) in [5, 5.41) is 5.44. The second-order valence-corrected chi connectivity index (χ2v) is 4.76. The van der Waals surface area contributed by atoms with Crippen molar-refractivity contribution < 1.29 is 14.3 Å². The molecule has 2 amide bonds. The highest BCUT2D eigenvalue weighted by atomic mass is 32.2. The Bertz CT molecular complexity index is 531. The van der Waals surface area contributed by atoms with E-state index < -0.39 is 11.8 Å². The molecule has 1 aliphatic rings. The van der Waals surface area contributed by atoms with Crippen LogP contribution in [0.1, 0.15) is 0 Å². The van der Waals surface area contributed by atoms with Gasteiger partial charge in [0.25, 0.3) is 0 Å². The topological polar surface area (TPSA) is 79.8 Å². The van der Waals surface area contributed by atoms with Gasteiger partial charge in [0.15, 0.2) is 5.17 Å². The quantitative estimate of drug-likeness (QED) is 0.787. The van der Waals surface area contributed by atoms with Gasteiger partial charge in [0.1, 0.15) is 5.75 Å². The summed E-state index contributed by atoms with van der Waals surface area (Å²) < 4.78 is 5.03. The second kappa shape index (κ2) is 6.24. The van der Waals surface area contributed by atoms with E-state index >= 15 is 0 Å². The fraction of sp³-hybridized carbons (Fsp3) is 0.250. The van der Waals surface area contributed by atoms with Crippen LogP contribution >= 0.6 is 11.8 Å². The molecule has 0 fully saturated rings. The van der Waals surface area contributed by atoms with Gasteiger partial charge in [0.05, 0.1) is 13.7 Å². The average molecular weight is 279 g/mol. The van der Waals surface area contributed by atoms with Crippen LogP contribution in [0.25, 0.3) is 0 Å². The van der Waals surface area contributed by atoms with Gasteiger partial charge in [-0.15, -0.1) is 0 Å². The van der Waals surface area contributed by atoms with Gasteiger partial charge < -0.3 is 10.1 Å². The Hall–Kier alpha value is -2.02. The van der Waals surface area contributed by atoms with Gasteiger partial charge in [-0.1, -0.05) is 17.8 Å². The number of methoxy groups -OCH3 is 1. The molecule has 1 aliphatic heterocycles. The van der Waals surface area contributed by atoms with Crippen molar-refractivity contribution in [2.24, 2.45) is 4.99 Å². The van der Waals surface area contributed by atoms with Crippen molar-refractivity contribution in [1.82, 2.24) is 5.32 Å². The maximum Gasteiger partial charge on any atom is 0.315 e. The first kappa shape index (κ1) is 13.4. The largest absolute Gasteiger partial charge is 0.497 e. The molecule has 2 N–H and O–H groups in total. The van der Waals surface area contributed by atoms with Gasteiger partial charge in [0, 0.05) is 17.5 Å². The Morgan fingerprint density at radius 1 is 1.32 bits per heavy atom. The van der Waals surface area contributed by atoms with E-state index in [0.717, 1.165) is 5.75 Å². The van der Waals surface area contributed by atoms with Gasteiger partial charge >= 0.3 is 11.8 Å². The van der Waals surface area contributed by atoms with Crippen LogP contribution in [0.5, 0.6) is 5.75 Å². The zero-order chi connectivity index (χ0) is 13.7. The molecule has 0 bridgehead atoms. The first-order valence-electron chi connectivity index (χ1n) is 5.62. The third-order valence-electron chi connectivity index (χ3n) is 2.34. The molecular formula is C12H13N3O3S. The molecule has 0 atom stereocenters. The fourth-order valence-electron chi connectivity index (χ4n) is 1.45. The number of aliphatic imine (C=N–C) groups is 1. The molecule has 0 saturated carbocycles. The van der Waals surface area contributed by atoms with Crippen LogP contribution in [-0.4, -0.2) is 36.4 Å². The smallest absolute Gasteiger partial charge is 0.315 e. The number of carbonyl (C=O) groups excluding carboxylic acids is 2. The summed E-state index contributed by atoms with van der Waals surface area (Å²) in [6.07, 6.45) is 0. The molecule has 0 unspecified atom stereocenters. The summed E-state index contributed by atoms with van der Waals surface area (Å²) >= 11 is 1.42. The molecule has 6 nitrogen and oxygen atoms in total. The third kappa shape index (κ3) is 3.72. The van der Waals surface area contributed by atoms with E-state index in [9.17, 15) is 9.59 Å². The predicted octanol–water partition coefficient (Wildman–Crippen LogP) is 0.853. The van der Waals surface area contributed by atoms with Crippen molar-refractivity contribution in [3.63, 3.8) is 0 Å². The van der Waals surface area contributed by atoms with Crippen molar-refractivity contribution in [2.45, 2.75) is 0 Å². The molecule has 0 saturated heterocycles. The number of hydrogen-bond donors (Lipinski definition) is 2. The Balaban J connectivity index is 1.94. The van der Waals surface area contributed by atoms with E-state index in [4.69, 9.17) is 4.74 Å². The van der Waals surface area contributed by atoms with Crippen molar-refractivity contribution in [3.05, 3.63) is 24.3 Å². The van der Waals surface area contributed by atoms with Crippen molar-refractivity contribution in [3.8, 4) is 5.75 Å². The predicted molar refractivity (Wildman–Crippen MR) is 74.5 cm³/mol. The number of rotatable bonds is 2. The Morgan fingerprint density at radius 2 is 2.11 bits per heavy atom. The maximum atomic E-state index is 11.7. The number of ether oxygens (including phenoxy) is 1. The summed E-state index contributed by atoms with van der Waals surface area (Å²) in [5.74, 6) is -0.0269. The lowest BCUT2D eigenvalue weighted by molar-refractivity contribution is -0.135. The van der Waals surface area contributed by atoms with Crippen LogP contribution in [0, 0.1) is 0 Å². The minimum absolute atomic E-state index is 0.491. The van der Waals surface area contributed by atoms with Crippen LogP contribution in [0.2, 0.25) is 0 Å². The number of nitrogens with zero attached hydrogens (tertiary/aromatic N) is 1. The lowest BCUT2D eigenvalue weighted by Crippen LogP contribution is -2.37. The van der Waals surface area contributed by atoms with Crippen LogP contribution in [0.3, 0.4) is 0 Å². The average Bonchev–Trinajstić information content (AvgIpc) is 2.91. The van der Waals surface area contributed by atoms with Gasteiger partial charge in [-0.3, -0.25) is 19.9 Å². The maximum absolute atomic E-state index is 11.7. The number of anilines is 1. The summed E-state index contributed by atoms with van der Waals surface area (Å²) in [4.78, 5) is 27.3. The first-order valence-corrected chi connectivity index (χ1v) is 6.61. The highest BCUT2D eigenvalue weighted by Crippen LogP contribution is 2.16. The summed E-state index contributed by atoms with van der Waals surface area (Å²) in [5.41, 5.74) is 0.500. The molecule has 1 aromatic carbocycles. The molecule has 1 heterocycles. The monoisotopic (exact) mass is 279 g/mol. The standard InChI is InChI=1S/C12H13N3O3S/c1-18-9-4-2-3-8(7-9)14-10(16)11(17)15-12-13-5-6-19-12/h2-4,7H,5-6H2,1H3,(H,14,16)(H,13,15,17). The molecule has 1 aromatic rings. The summed E-state index contributed by atoms with van der Waals surface area (Å²) in [6, 6.07) is 6.78. The molecule has 0 aromatic heterocycles. The number of hydrogen-bond acceptors (Lipinski definition) is 5. The Kier molecular flexibility index (Phi) is 4.40. The molecule has 0 radical (unpaired) electrons. The van der Waals surface area contributed by atoms with E-state index in [1.165, 1.54) is 18.9 Å². The summed E-state index contributed by atoms with van der Waals surface area (Å²) in [6.45, 7) is 0.664. The van der Waals surface area contributed by atoms with Gasteiger partial charge in [0.2, 0.25) is 0 Å². The number of nitrogens with one attached hydrogen (secondary N) is 2. The van der Waals surface area contributed by atoms with Crippen LogP contribution < -0.4 is 15.4 Å². The van der Waals surface area contributed by atoms with E-state index in [2.05, 4.69) is 15.6 Å². The third-order valence-corrected chi connectivity index (χ3v) is 3.23. The lowest BCUT2D eigenvalue weighted by Gasteiger charge is -2.07. The van der Waals surface area contributed by atoms with Crippen LogP contribution in [-0.2, 0) is 9.59 Å². The van der Waals surface area contributed by atoms with E-state index in [1.807, 2.05) is 0 Å². The molecule has 2 rings (SSSR count). The molecule has 100 valence electrons. The Labute approximate surface area is 114 Å². The zero-order valence-electron chi connectivity index (χ0n) is 10.3. The van der Waals surface area contributed by atoms with Crippen molar-refractivity contribution in [1.29, 1.82) is 0 Å². The molecular weight excluding hydrogens is 266 g/mol. The summed E-state index contributed by atoms with van der Waals surface area (Å²) in [7, 11) is 1.53. The van der Waals surface area contributed by atoms with E-state index in [-0.39, 0.29) is 0 Å². The Morgan fingerprint density at radius 3 is 2.79 bits per heavy atom. The molecule has 19 heavy (non-hydrogen) atoms. The molecule has 0 aliphatic carbocycles. The van der Waals surface area contributed by atoms with E-state index in [1.54, 1.807) is 24.3 Å². The fourth-order valence-corrected chi connectivity index (χ4v) is 2.18. The lowest BCUT2D eigenvalue weighted by atomic mass is 10.3. The van der Waals surface area contributed by atoms with Crippen LogP contribution in [0.4, 0.5) is 5.69 Å². The van der Waals surface area contributed by atoms with E-state index in [0.29, 0.717) is 23.1 Å². The molecule has 0 spiro atoms. The number of amidine groups is 1. The van der Waals surface area contributed by atoms with Crippen molar-refractivity contribution in [2.75, 3.05) is 24.7 Å². The number of benzene rings is 1. The van der Waals surface area contributed by atoms with Crippen molar-refractivity contribution >= 4 is 34.4 Å². The number of amides is 2. The highest BCUT2D eigenvalue weighted by molar-refractivity contribution is 8.14. The highest BCUT2D eigenvalue weighted by Gasteiger charge is 2.17. The van der Waals surface area contributed by atoms with Gasteiger partial charge in [-0.2, -0.15) is 0 Å². The minimum atomic E-state index is -0.733. The normalized spacial score (nSPS) is 13.6. The molecule has 7 heteroatoms. The SMILES string of the molecule is COc1cccc(NC(=O)C(=O)NC2=NCCS2)c1. The van der Waals surface area contributed by atoms with Crippen LogP contribution in [0.15, 0.2) is 29.3 Å². The number of carbonyl (C=O) groups is 2. The minimum Gasteiger partial charge on any atom is -0.497 e. The zero-order valence-corrected chi connectivity index (χ0v) is 11.1. The van der Waals surface area contributed by atoms with Gasteiger partial charge in [-0.25, -0.2) is 0 Å². The van der Waals surface area contributed by atoms with Gasteiger partial charge in [-0.05, 0) is 12.1 Å². The second-order valence-electron chi connectivity index (χ2n) is 3.68. The number of thioether (sulfide) groups is 1. The first-order chi connectivity index (χ1) is 9.19.